The highest BCUT2D eigenvalue weighted by Gasteiger charge is 2.16. The van der Waals surface area contributed by atoms with Crippen LogP contribution in [0.5, 0.6) is 0 Å². The van der Waals surface area contributed by atoms with E-state index in [2.05, 4.69) is 9.71 Å². The van der Waals surface area contributed by atoms with Crippen molar-refractivity contribution in [3.05, 3.63) is 47.0 Å². The smallest absolute Gasteiger partial charge is 0.238 e. The molecule has 2 aromatic rings. The topological polar surface area (TPSA) is 85.1 Å². The zero-order valence-corrected chi connectivity index (χ0v) is 12.2. The molecule has 8 heteroatoms. The number of aromatic nitrogens is 1. The summed E-state index contributed by atoms with van der Waals surface area (Å²) in [6.07, 6.45) is 1.53. The summed E-state index contributed by atoms with van der Waals surface area (Å²) in [7, 11) is -3.53. The van der Waals surface area contributed by atoms with E-state index in [1.165, 1.54) is 17.5 Å². The lowest BCUT2D eigenvalue weighted by atomic mass is 10.1. The molecule has 2 rings (SSSR count). The minimum atomic E-state index is -3.53. The summed E-state index contributed by atoms with van der Waals surface area (Å²) in [5, 5.41) is 2.04. The molecule has 0 aliphatic carbocycles. The fraction of sp³-hybridized carbons (Fsp3) is 0.0909. The van der Waals surface area contributed by atoms with E-state index in [4.69, 9.17) is 18.0 Å². The van der Waals surface area contributed by atoms with Gasteiger partial charge >= 0.3 is 0 Å². The number of hydrogen-bond acceptors (Lipinski definition) is 5. The van der Waals surface area contributed by atoms with Gasteiger partial charge in [0.2, 0.25) is 10.0 Å². The van der Waals surface area contributed by atoms with Crippen LogP contribution >= 0.6 is 23.6 Å². The number of anilines is 1. The Kier molecular flexibility index (Phi) is 4.13. The lowest BCUT2D eigenvalue weighted by molar-refractivity contribution is 0.600. The Morgan fingerprint density at radius 1 is 1.42 bits per heavy atom. The predicted octanol–water partition coefficient (Wildman–Crippen LogP) is 1.72. The van der Waals surface area contributed by atoms with Crippen molar-refractivity contribution in [3.63, 3.8) is 0 Å². The quantitative estimate of drug-likeness (QED) is 0.821. The van der Waals surface area contributed by atoms with E-state index in [0.717, 1.165) is 0 Å². The largest absolute Gasteiger partial charge is 0.389 e. The molecule has 1 heterocycles. The molecule has 0 aliphatic rings. The summed E-state index contributed by atoms with van der Waals surface area (Å²) in [5.74, 6) is -0.194. The average molecular weight is 313 g/mol. The van der Waals surface area contributed by atoms with E-state index in [1.807, 2.05) is 0 Å². The van der Waals surface area contributed by atoms with Crippen LogP contribution in [0.4, 0.5) is 5.13 Å². The minimum absolute atomic E-state index is 0.181. The molecule has 1 aromatic carbocycles. The number of thiazole rings is 1. The van der Waals surface area contributed by atoms with Crippen LogP contribution in [0.25, 0.3) is 0 Å². The molecule has 100 valence electrons. The van der Waals surface area contributed by atoms with Crippen molar-refractivity contribution in [2.24, 2.45) is 5.73 Å². The Morgan fingerprint density at radius 2 is 2.16 bits per heavy atom. The summed E-state index contributed by atoms with van der Waals surface area (Å²) in [5.41, 5.74) is 6.72. The second kappa shape index (κ2) is 5.64. The number of nitrogens with zero attached hydrogens (tertiary/aromatic N) is 1. The van der Waals surface area contributed by atoms with Crippen LogP contribution in [0.2, 0.25) is 0 Å². The molecule has 5 nitrogen and oxygen atoms in total. The third-order valence-corrected chi connectivity index (χ3v) is 4.54. The number of thiocarbonyl (C=S) groups is 1. The third kappa shape index (κ3) is 3.72. The lowest BCUT2D eigenvalue weighted by Gasteiger charge is -2.09. The van der Waals surface area contributed by atoms with Crippen molar-refractivity contribution < 1.29 is 8.42 Å². The van der Waals surface area contributed by atoms with Gasteiger partial charge < -0.3 is 5.73 Å². The molecule has 0 atom stereocenters. The number of hydrogen-bond donors (Lipinski definition) is 2. The lowest BCUT2D eigenvalue weighted by Crippen LogP contribution is -2.18. The summed E-state index contributed by atoms with van der Waals surface area (Å²) in [4.78, 5) is 4.06. The molecule has 0 saturated heterocycles. The fourth-order valence-corrected chi connectivity index (χ4v) is 3.73. The third-order valence-electron chi connectivity index (χ3n) is 2.30. The normalized spacial score (nSPS) is 11.2. The van der Waals surface area contributed by atoms with Crippen LogP contribution in [-0.4, -0.2) is 18.4 Å². The molecule has 3 N–H and O–H groups in total. The van der Waals surface area contributed by atoms with Crippen LogP contribution < -0.4 is 10.5 Å². The maximum Gasteiger partial charge on any atom is 0.238 e. The van der Waals surface area contributed by atoms with E-state index >= 15 is 0 Å². The van der Waals surface area contributed by atoms with E-state index in [0.29, 0.717) is 16.3 Å². The van der Waals surface area contributed by atoms with Crippen molar-refractivity contribution in [1.29, 1.82) is 0 Å². The van der Waals surface area contributed by atoms with Gasteiger partial charge in [-0.05, 0) is 5.56 Å². The van der Waals surface area contributed by atoms with E-state index in [1.54, 1.807) is 29.6 Å². The van der Waals surface area contributed by atoms with Crippen LogP contribution in [0.3, 0.4) is 0 Å². The van der Waals surface area contributed by atoms with Gasteiger partial charge in [0.25, 0.3) is 0 Å². The van der Waals surface area contributed by atoms with Gasteiger partial charge in [-0.2, -0.15) is 0 Å². The SMILES string of the molecule is NC(=S)c1ccccc1CS(=O)(=O)Nc1nccs1. The van der Waals surface area contributed by atoms with E-state index < -0.39 is 10.0 Å². The summed E-state index contributed by atoms with van der Waals surface area (Å²) >= 11 is 6.13. The molecule has 0 radical (unpaired) electrons. The Bertz CT molecular complexity index is 681. The predicted molar refractivity (Wildman–Crippen MR) is 80.7 cm³/mol. The van der Waals surface area contributed by atoms with Crippen LogP contribution in [0, 0.1) is 0 Å². The van der Waals surface area contributed by atoms with Gasteiger partial charge in [-0.3, -0.25) is 4.72 Å². The number of benzene rings is 1. The van der Waals surface area contributed by atoms with E-state index in [9.17, 15) is 8.42 Å². The molecular formula is C11H11N3O2S3. The molecule has 0 unspecified atom stereocenters. The number of nitrogens with one attached hydrogen (secondary N) is 1. The molecule has 0 spiro atoms. The first-order chi connectivity index (χ1) is 8.98. The molecule has 0 aliphatic heterocycles. The molecule has 0 saturated carbocycles. The summed E-state index contributed by atoms with van der Waals surface area (Å²) in [6, 6.07) is 6.90. The van der Waals surface area contributed by atoms with Crippen molar-refractivity contribution in [2.75, 3.05) is 4.72 Å². The highest BCUT2D eigenvalue weighted by Crippen LogP contribution is 2.17. The van der Waals surface area contributed by atoms with Gasteiger partial charge in [-0.15, -0.1) is 11.3 Å². The van der Waals surface area contributed by atoms with Crippen molar-refractivity contribution in [3.8, 4) is 0 Å². The van der Waals surface area contributed by atoms with Gasteiger partial charge in [-0.1, -0.05) is 36.5 Å². The monoisotopic (exact) mass is 313 g/mol. The Labute approximate surface area is 120 Å². The van der Waals surface area contributed by atoms with Crippen molar-refractivity contribution in [1.82, 2.24) is 4.98 Å². The second-order valence-electron chi connectivity index (χ2n) is 3.72. The maximum absolute atomic E-state index is 12.0. The summed E-state index contributed by atoms with van der Waals surface area (Å²) in [6.45, 7) is 0. The van der Waals surface area contributed by atoms with Gasteiger partial charge in [0.1, 0.15) is 4.99 Å². The molecule has 0 bridgehead atoms. The zero-order valence-electron chi connectivity index (χ0n) is 9.74. The minimum Gasteiger partial charge on any atom is -0.389 e. The highest BCUT2D eigenvalue weighted by atomic mass is 32.2. The standard InChI is InChI=1S/C11H11N3O2S3/c12-10(17)9-4-2-1-3-8(9)7-19(15,16)14-11-13-5-6-18-11/h1-6H,7H2,(H2,12,17)(H,13,14). The van der Waals surface area contributed by atoms with Gasteiger partial charge in [0.05, 0.1) is 5.75 Å². The molecular weight excluding hydrogens is 302 g/mol. The first-order valence-electron chi connectivity index (χ1n) is 5.25. The first kappa shape index (κ1) is 13.9. The maximum atomic E-state index is 12.0. The molecule has 0 amide bonds. The molecule has 1 aromatic heterocycles. The highest BCUT2D eigenvalue weighted by molar-refractivity contribution is 7.92. The zero-order chi connectivity index (χ0) is 13.9. The molecule has 19 heavy (non-hydrogen) atoms. The van der Waals surface area contributed by atoms with Gasteiger partial charge in [0.15, 0.2) is 5.13 Å². The van der Waals surface area contributed by atoms with Crippen molar-refractivity contribution >= 4 is 43.7 Å². The van der Waals surface area contributed by atoms with E-state index in [-0.39, 0.29) is 10.7 Å². The van der Waals surface area contributed by atoms with Crippen LogP contribution in [0.1, 0.15) is 11.1 Å². The van der Waals surface area contributed by atoms with Gasteiger partial charge in [0, 0.05) is 17.1 Å². The number of sulfonamides is 1. The first-order valence-corrected chi connectivity index (χ1v) is 8.19. The van der Waals surface area contributed by atoms with Crippen molar-refractivity contribution in [2.45, 2.75) is 5.75 Å². The Morgan fingerprint density at radius 3 is 2.79 bits per heavy atom. The Balaban J connectivity index is 2.23. The number of nitrogens with two attached hydrogens (primary N) is 1. The Hall–Kier alpha value is -1.51. The average Bonchev–Trinajstić information content (AvgIpc) is 2.80. The second-order valence-corrected chi connectivity index (χ2v) is 6.78. The summed E-state index contributed by atoms with van der Waals surface area (Å²) < 4.78 is 26.4. The number of rotatable bonds is 5. The fourth-order valence-electron chi connectivity index (χ4n) is 1.53. The van der Waals surface area contributed by atoms with Crippen LogP contribution in [-0.2, 0) is 15.8 Å². The van der Waals surface area contributed by atoms with Gasteiger partial charge in [-0.25, -0.2) is 13.4 Å². The van der Waals surface area contributed by atoms with Crippen LogP contribution in [0.15, 0.2) is 35.8 Å². The molecule has 0 fully saturated rings.